The molecule has 0 spiro atoms. The molecule has 2 aliphatic carbocycles. The number of ketones is 1. The van der Waals surface area contributed by atoms with Crippen LogP contribution < -0.4 is 0 Å². The highest BCUT2D eigenvalue weighted by Gasteiger charge is 2.66. The van der Waals surface area contributed by atoms with Crippen molar-refractivity contribution in [2.24, 2.45) is 23.7 Å². The van der Waals surface area contributed by atoms with Gasteiger partial charge in [0.1, 0.15) is 24.6 Å². The van der Waals surface area contributed by atoms with E-state index in [2.05, 4.69) is 4.74 Å². The second-order valence-electron chi connectivity index (χ2n) is 10.8. The molecule has 0 heterocycles. The van der Waals surface area contributed by atoms with Gasteiger partial charge in [-0.1, -0.05) is 78.0 Å². The average Bonchev–Trinajstić information content (AvgIpc) is 3.47. The van der Waals surface area contributed by atoms with Crippen LogP contribution in [0, 0.1) is 23.7 Å². The van der Waals surface area contributed by atoms with Crippen molar-refractivity contribution >= 4 is 66.8 Å². The fourth-order valence-electron chi connectivity index (χ4n) is 5.75. The zero-order chi connectivity index (χ0) is 31.5. The molecule has 1 aromatic carbocycles. The first kappa shape index (κ1) is 35.4. The number of ether oxygens (including phenoxy) is 1. The third kappa shape index (κ3) is 10.5. The van der Waals surface area contributed by atoms with Gasteiger partial charge in [0.05, 0.1) is 12.5 Å². The lowest BCUT2D eigenvalue weighted by Gasteiger charge is -2.30. The molecule has 0 aromatic heterocycles. The number of esters is 1. The highest BCUT2D eigenvalue weighted by atomic mass is 35.6. The van der Waals surface area contributed by atoms with Crippen LogP contribution in [-0.4, -0.2) is 69.9 Å². The van der Waals surface area contributed by atoms with E-state index in [0.29, 0.717) is 25.7 Å². The lowest BCUT2D eigenvalue weighted by Crippen LogP contribution is -2.41. The Labute approximate surface area is 259 Å². The third-order valence-corrected chi connectivity index (χ3v) is 8.87. The molecule has 9 nitrogen and oxygen atoms in total. The minimum atomic E-state index is -4.24. The van der Waals surface area contributed by atoms with E-state index < -0.39 is 73.0 Å². The van der Waals surface area contributed by atoms with Crippen LogP contribution in [-0.2, 0) is 42.9 Å². The molecular weight excluding hydrogens is 665 g/mol. The molecule has 3 rings (SSSR count). The molecule has 8 atom stereocenters. The van der Waals surface area contributed by atoms with Crippen LogP contribution >= 0.6 is 34.8 Å². The Morgan fingerprint density at radius 1 is 1.00 bits per heavy atom. The zero-order valence-corrected chi connectivity index (χ0v) is 26.7. The van der Waals surface area contributed by atoms with Crippen LogP contribution in [0.5, 0.6) is 0 Å². The molecular formula is C26H33Cl3F2O9S2. The summed E-state index contributed by atoms with van der Waals surface area (Å²) in [5, 5.41) is 0. The largest absolute Gasteiger partial charge is 0.459 e. The van der Waals surface area contributed by atoms with Gasteiger partial charge in [0, 0.05) is 12.3 Å². The summed E-state index contributed by atoms with van der Waals surface area (Å²) in [6.45, 7) is -0.584. The highest BCUT2D eigenvalue weighted by molar-refractivity contribution is 7.86. The zero-order valence-electron chi connectivity index (χ0n) is 22.8. The monoisotopic (exact) mass is 696 g/mol. The second kappa shape index (κ2) is 14.3. The second-order valence-corrected chi connectivity index (χ2v) is 16.5. The first-order valence-electron chi connectivity index (χ1n) is 13.2. The van der Waals surface area contributed by atoms with E-state index in [1.807, 2.05) is 0 Å². The number of Topliss-reactive ketones (excluding diaryl/α,β-unsaturated/α-hetero) is 1. The maximum Gasteiger partial charge on any atom is 0.340 e. The molecule has 16 heteroatoms. The van der Waals surface area contributed by atoms with E-state index >= 15 is 4.39 Å². The third-order valence-electron chi connectivity index (χ3n) is 7.40. The molecule has 2 saturated carbocycles. The van der Waals surface area contributed by atoms with Crippen molar-refractivity contribution in [1.29, 1.82) is 0 Å². The molecule has 0 aliphatic heterocycles. The molecule has 0 N–H and O–H groups in total. The van der Waals surface area contributed by atoms with Gasteiger partial charge in [-0.05, 0) is 42.6 Å². The van der Waals surface area contributed by atoms with Gasteiger partial charge in [-0.3, -0.25) is 13.2 Å². The normalized spacial score (nSPS) is 25.4. The number of alkyl halides is 5. The van der Waals surface area contributed by atoms with E-state index in [9.17, 15) is 30.8 Å². The number of rotatable bonds is 16. The van der Waals surface area contributed by atoms with Crippen molar-refractivity contribution in [2.45, 2.75) is 66.9 Å². The molecule has 42 heavy (non-hydrogen) atoms. The van der Waals surface area contributed by atoms with Gasteiger partial charge < -0.3 is 4.74 Å². The van der Waals surface area contributed by atoms with Crippen molar-refractivity contribution in [3.8, 4) is 0 Å². The van der Waals surface area contributed by atoms with Gasteiger partial charge in [0.15, 0.2) is 12.3 Å². The summed E-state index contributed by atoms with van der Waals surface area (Å²) in [4.78, 5) is 24.4. The minimum absolute atomic E-state index is 0.0431. The quantitative estimate of drug-likeness (QED) is 0.101. The number of halogens is 5. The maximum atomic E-state index is 15.8. The van der Waals surface area contributed by atoms with Gasteiger partial charge in [-0.15, -0.1) is 0 Å². The predicted molar refractivity (Wildman–Crippen MR) is 153 cm³/mol. The molecule has 0 bridgehead atoms. The van der Waals surface area contributed by atoms with Gasteiger partial charge in [0.25, 0.3) is 20.2 Å². The van der Waals surface area contributed by atoms with Crippen LogP contribution in [0.15, 0.2) is 30.3 Å². The Hall–Kier alpha value is -1.09. The van der Waals surface area contributed by atoms with E-state index in [1.54, 1.807) is 18.2 Å². The number of hydrogen-bond donors (Lipinski definition) is 0. The molecule has 0 saturated heterocycles. The Balaban J connectivity index is 1.65. The fourth-order valence-corrected chi connectivity index (χ4v) is 7.16. The van der Waals surface area contributed by atoms with E-state index in [4.69, 9.17) is 43.2 Å². The average molecular weight is 698 g/mol. The molecule has 8 unspecified atom stereocenters. The van der Waals surface area contributed by atoms with Crippen molar-refractivity contribution < 1.29 is 48.3 Å². The van der Waals surface area contributed by atoms with Crippen LogP contribution in [0.4, 0.5) is 8.78 Å². The standard InChI is InChI=1S/C26H33Cl3F2O9S2/c1-41(34,35)39-23(24(40-42(2,36)37)22(31)15-9-5-3-6-10-15)21-17-13-19(32)16(20(17)21)11-7-4-8-12-18(30)25(33)38-14-26(27,28)29/h3,5-6,9-10,16-18,20-24H,4,7-8,11-14H2,1-2H3. The Morgan fingerprint density at radius 3 is 2.19 bits per heavy atom. The van der Waals surface area contributed by atoms with Gasteiger partial charge >= 0.3 is 5.97 Å². The summed E-state index contributed by atoms with van der Waals surface area (Å²) in [5.41, 5.74) is 0.0778. The SMILES string of the molecule is CS(=O)(=O)OC(C(F)c1ccccc1)C(OS(C)(=O)=O)C1C2CC(=O)C(CCCCCC(F)C(=O)OCC(Cl)(Cl)Cl)C21. The van der Waals surface area contributed by atoms with Crippen LogP contribution in [0.3, 0.4) is 0 Å². The lowest BCUT2D eigenvalue weighted by molar-refractivity contribution is -0.149. The fraction of sp³-hybridized carbons (Fsp3) is 0.692. The Bertz CT molecular complexity index is 1310. The number of benzene rings is 1. The van der Waals surface area contributed by atoms with Gasteiger partial charge in [-0.2, -0.15) is 16.8 Å². The summed E-state index contributed by atoms with van der Waals surface area (Å²) in [5.74, 6) is -3.00. The van der Waals surface area contributed by atoms with Gasteiger partial charge in [0.2, 0.25) is 3.79 Å². The molecule has 238 valence electrons. The Morgan fingerprint density at radius 2 is 1.62 bits per heavy atom. The van der Waals surface area contributed by atoms with E-state index in [0.717, 1.165) is 12.5 Å². The molecule has 2 aliphatic rings. The van der Waals surface area contributed by atoms with Crippen LogP contribution in [0.1, 0.15) is 50.3 Å². The number of hydrogen-bond acceptors (Lipinski definition) is 9. The predicted octanol–water partition coefficient (Wildman–Crippen LogP) is 5.04. The van der Waals surface area contributed by atoms with E-state index in [1.165, 1.54) is 12.1 Å². The number of unbranched alkanes of at least 4 members (excludes halogenated alkanes) is 2. The van der Waals surface area contributed by atoms with Gasteiger partial charge in [-0.25, -0.2) is 13.6 Å². The molecule has 0 amide bonds. The first-order valence-corrected chi connectivity index (χ1v) is 18.0. The van der Waals surface area contributed by atoms with Crippen molar-refractivity contribution in [1.82, 2.24) is 0 Å². The minimum Gasteiger partial charge on any atom is -0.459 e. The Kier molecular flexibility index (Phi) is 12.1. The van der Waals surface area contributed by atoms with Crippen molar-refractivity contribution in [2.75, 3.05) is 19.1 Å². The summed E-state index contributed by atoms with van der Waals surface area (Å²) >= 11 is 16.4. The highest BCUT2D eigenvalue weighted by Crippen LogP contribution is 2.63. The van der Waals surface area contributed by atoms with E-state index in [-0.39, 0.29) is 36.0 Å². The summed E-state index contributed by atoms with van der Waals surface area (Å²) in [7, 11) is -8.42. The topological polar surface area (TPSA) is 130 Å². The first-order chi connectivity index (χ1) is 19.4. The van der Waals surface area contributed by atoms with Crippen LogP contribution in [0.2, 0.25) is 0 Å². The number of carbonyl (C=O) groups excluding carboxylic acids is 2. The van der Waals surface area contributed by atoms with Crippen molar-refractivity contribution in [3.05, 3.63) is 35.9 Å². The van der Waals surface area contributed by atoms with Crippen LogP contribution in [0.25, 0.3) is 0 Å². The van der Waals surface area contributed by atoms with Crippen molar-refractivity contribution in [3.63, 3.8) is 0 Å². The maximum absolute atomic E-state index is 15.8. The summed E-state index contributed by atoms with van der Waals surface area (Å²) in [6, 6.07) is 7.57. The number of carbonyl (C=O) groups is 2. The summed E-state index contributed by atoms with van der Waals surface area (Å²) < 4.78 is 91.7. The number of fused-ring (bicyclic) bond motifs is 1. The smallest absolute Gasteiger partial charge is 0.340 e. The molecule has 0 radical (unpaired) electrons. The summed E-state index contributed by atoms with van der Waals surface area (Å²) in [6.07, 6.45) is -4.08. The lowest BCUT2D eigenvalue weighted by atomic mass is 9.88. The molecule has 1 aromatic rings. The molecule has 2 fully saturated rings.